The van der Waals surface area contributed by atoms with Crippen molar-refractivity contribution in [3.05, 3.63) is 58.8 Å². The Morgan fingerprint density at radius 2 is 1.78 bits per heavy atom. The fraction of sp³-hybridized carbons (Fsp3) is 0.586. The average Bonchev–Trinajstić information content (AvgIpc) is 3.20. The number of nitrogens with one attached hydrogen (secondary N) is 2. The van der Waals surface area contributed by atoms with Gasteiger partial charge in [0.15, 0.2) is 5.54 Å². The number of alkyl halides is 3. The number of hydrogen-bond acceptors (Lipinski definition) is 2. The third kappa shape index (κ3) is 3.72. The maximum atomic E-state index is 14.3. The van der Waals surface area contributed by atoms with Crippen molar-refractivity contribution in [2.75, 3.05) is 0 Å². The van der Waals surface area contributed by atoms with Crippen LogP contribution in [0.1, 0.15) is 70.4 Å². The first-order valence-corrected chi connectivity index (χ1v) is 13.0. The molecule has 2 fully saturated rings. The molecule has 1 aromatic carbocycles. The zero-order chi connectivity index (χ0) is 26.1. The number of carbonyl (C=O) groups is 2. The van der Waals surface area contributed by atoms with Gasteiger partial charge >= 0.3 is 6.18 Å². The van der Waals surface area contributed by atoms with Gasteiger partial charge in [-0.05, 0) is 74.7 Å². The molecular weight excluding hydrogens is 465 g/mol. The van der Waals surface area contributed by atoms with E-state index >= 15 is 0 Å². The Morgan fingerprint density at radius 1 is 1.08 bits per heavy atom. The number of halogens is 3. The van der Waals surface area contributed by atoms with Crippen LogP contribution in [0.5, 0.6) is 0 Å². The fourth-order valence-electron chi connectivity index (χ4n) is 7.61. The van der Waals surface area contributed by atoms with Gasteiger partial charge in [-0.25, -0.2) is 0 Å². The van der Waals surface area contributed by atoms with Gasteiger partial charge in [0.25, 0.3) is 11.8 Å². The molecule has 0 radical (unpaired) electrons. The largest absolute Gasteiger partial charge is 0.415 e. The van der Waals surface area contributed by atoms with E-state index in [1.807, 2.05) is 6.92 Å². The number of hydrogen-bond donors (Lipinski definition) is 2. The Balaban J connectivity index is 1.49. The van der Waals surface area contributed by atoms with Gasteiger partial charge in [-0.2, -0.15) is 13.2 Å². The number of benzene rings is 1. The van der Waals surface area contributed by atoms with E-state index in [1.165, 1.54) is 31.4 Å². The first kappa shape index (κ1) is 25.1. The van der Waals surface area contributed by atoms with Gasteiger partial charge in [-0.1, -0.05) is 62.2 Å². The third-order valence-electron chi connectivity index (χ3n) is 9.90. The van der Waals surface area contributed by atoms with Gasteiger partial charge in [-0.15, -0.1) is 0 Å². The van der Waals surface area contributed by atoms with Gasteiger partial charge in [0.05, 0.1) is 0 Å². The van der Waals surface area contributed by atoms with Crippen LogP contribution in [0, 0.1) is 35.5 Å². The molecule has 6 atom stereocenters. The van der Waals surface area contributed by atoms with Gasteiger partial charge in [0, 0.05) is 11.1 Å². The molecule has 4 aliphatic rings. The number of rotatable bonds is 3. The van der Waals surface area contributed by atoms with Crippen LogP contribution in [0.4, 0.5) is 13.2 Å². The minimum Gasteiger partial charge on any atom is -0.334 e. The molecule has 1 heterocycles. The van der Waals surface area contributed by atoms with Crippen molar-refractivity contribution in [3.63, 3.8) is 0 Å². The number of amides is 2. The molecule has 36 heavy (non-hydrogen) atoms. The second-order valence-corrected chi connectivity index (χ2v) is 12.1. The zero-order valence-corrected chi connectivity index (χ0v) is 21.4. The van der Waals surface area contributed by atoms with Crippen molar-refractivity contribution in [2.45, 2.75) is 77.9 Å². The van der Waals surface area contributed by atoms with E-state index in [-0.39, 0.29) is 17.1 Å². The van der Waals surface area contributed by atoms with E-state index in [0.717, 1.165) is 37.4 Å². The van der Waals surface area contributed by atoms with Crippen molar-refractivity contribution >= 4 is 11.8 Å². The Bertz CT molecular complexity index is 1150. The van der Waals surface area contributed by atoms with Gasteiger partial charge < -0.3 is 10.6 Å². The summed E-state index contributed by atoms with van der Waals surface area (Å²) in [5, 5.41) is 5.06. The summed E-state index contributed by atoms with van der Waals surface area (Å²) in [6.07, 6.45) is 5.63. The van der Waals surface area contributed by atoms with Crippen LogP contribution in [0.2, 0.25) is 0 Å². The Kier molecular flexibility index (Phi) is 5.73. The molecular formula is C29H35F3N2O2. The molecule has 0 saturated heterocycles. The first-order valence-electron chi connectivity index (χ1n) is 13.0. The van der Waals surface area contributed by atoms with Crippen LogP contribution in [0.15, 0.2) is 47.7 Å². The molecule has 2 amide bonds. The molecule has 2 N–H and O–H groups in total. The molecule has 4 nitrogen and oxygen atoms in total. The van der Waals surface area contributed by atoms with Gasteiger partial charge in [0.1, 0.15) is 5.57 Å². The highest BCUT2D eigenvalue weighted by molar-refractivity contribution is 6.19. The first-order chi connectivity index (χ1) is 16.8. The van der Waals surface area contributed by atoms with E-state index in [2.05, 4.69) is 23.6 Å². The normalized spacial score (nSPS) is 35.3. The van der Waals surface area contributed by atoms with Crippen molar-refractivity contribution in [2.24, 2.45) is 28.6 Å². The summed E-state index contributed by atoms with van der Waals surface area (Å²) in [6, 6.07) is 5.90. The topological polar surface area (TPSA) is 58.2 Å². The average molecular weight is 501 g/mol. The summed E-state index contributed by atoms with van der Waals surface area (Å²) in [4.78, 5) is 26.3. The van der Waals surface area contributed by atoms with Crippen LogP contribution >= 0.6 is 0 Å². The second-order valence-electron chi connectivity index (χ2n) is 12.1. The van der Waals surface area contributed by atoms with Crippen LogP contribution in [-0.4, -0.2) is 18.0 Å². The highest BCUT2D eigenvalue weighted by atomic mass is 19.4. The highest BCUT2D eigenvalue weighted by Crippen LogP contribution is 2.63. The maximum Gasteiger partial charge on any atom is 0.415 e. The molecule has 1 aliphatic heterocycles. The molecule has 0 aromatic heterocycles. The SMILES string of the molecule is Cc1ccc(C(C)(NC(=O)C2=C[C@@]3(C)C(=CC[C@@H]4[C@H]3CC[C@]3(C)CCC[C@@H]43)NC2=O)C(F)(F)F)cc1. The number of carbonyl (C=O) groups excluding carboxylic acids is 2. The van der Waals surface area contributed by atoms with Crippen LogP contribution < -0.4 is 10.6 Å². The lowest BCUT2D eigenvalue weighted by Crippen LogP contribution is -2.57. The highest BCUT2D eigenvalue weighted by Gasteiger charge is 2.57. The number of allylic oxidation sites excluding steroid dienone is 2. The molecule has 1 aromatic rings. The minimum absolute atomic E-state index is 0.0805. The van der Waals surface area contributed by atoms with E-state index < -0.39 is 28.9 Å². The molecule has 1 unspecified atom stereocenters. The standard InChI is InChI=1S/C29H35F3N2O2/c1-17-7-9-18(10-8-17)28(4,29(30,31)32)34-25(36)20-16-27(3)22-13-15-26(2)14-5-6-21(26)19(22)11-12-23(27)33-24(20)35/h7-10,12,16,19,21-22H,5-6,11,13-15H2,1-4H3,(H,33,35)(H,34,36)/t19-,21-,22+,26-,27+,28?/m0/s1. The molecule has 5 rings (SSSR count). The minimum atomic E-state index is -4.76. The Hall–Kier alpha value is -2.57. The van der Waals surface area contributed by atoms with Gasteiger partial charge in [0.2, 0.25) is 0 Å². The lowest BCUT2D eigenvalue weighted by molar-refractivity contribution is -0.196. The van der Waals surface area contributed by atoms with Crippen LogP contribution in [0.25, 0.3) is 0 Å². The van der Waals surface area contributed by atoms with Crippen LogP contribution in [0.3, 0.4) is 0 Å². The third-order valence-corrected chi connectivity index (χ3v) is 9.90. The van der Waals surface area contributed by atoms with Crippen LogP contribution in [-0.2, 0) is 15.1 Å². The summed E-state index contributed by atoms with van der Waals surface area (Å²) in [6.45, 7) is 7.15. The smallest absolute Gasteiger partial charge is 0.334 e. The Labute approximate surface area is 210 Å². The molecule has 7 heteroatoms. The molecule has 2 saturated carbocycles. The fourth-order valence-corrected chi connectivity index (χ4v) is 7.61. The summed E-state index contributed by atoms with van der Waals surface area (Å²) in [5.41, 5.74) is -1.61. The summed E-state index contributed by atoms with van der Waals surface area (Å²) in [7, 11) is 0. The van der Waals surface area contributed by atoms with E-state index in [0.29, 0.717) is 17.3 Å². The molecule has 0 spiro atoms. The summed E-state index contributed by atoms with van der Waals surface area (Å²) >= 11 is 0. The van der Waals surface area contributed by atoms with Crippen molar-refractivity contribution < 1.29 is 22.8 Å². The van der Waals surface area contributed by atoms with E-state index in [4.69, 9.17) is 0 Å². The predicted octanol–water partition coefficient (Wildman–Crippen LogP) is 6.07. The predicted molar refractivity (Wildman–Crippen MR) is 131 cm³/mol. The summed E-state index contributed by atoms with van der Waals surface area (Å²) in [5.74, 6) is -0.364. The van der Waals surface area contributed by atoms with Crippen molar-refractivity contribution in [1.82, 2.24) is 10.6 Å². The van der Waals surface area contributed by atoms with E-state index in [1.54, 1.807) is 25.1 Å². The molecule has 194 valence electrons. The van der Waals surface area contributed by atoms with Crippen molar-refractivity contribution in [3.8, 4) is 0 Å². The quantitative estimate of drug-likeness (QED) is 0.495. The lowest BCUT2D eigenvalue weighted by atomic mass is 9.50. The zero-order valence-electron chi connectivity index (χ0n) is 21.4. The monoisotopic (exact) mass is 500 g/mol. The molecule has 3 aliphatic carbocycles. The maximum absolute atomic E-state index is 14.3. The second kappa shape index (κ2) is 8.22. The Morgan fingerprint density at radius 3 is 2.44 bits per heavy atom. The van der Waals surface area contributed by atoms with Gasteiger partial charge in [-0.3, -0.25) is 9.59 Å². The lowest BCUT2D eigenvalue weighted by Gasteiger charge is -2.55. The summed E-state index contributed by atoms with van der Waals surface area (Å²) < 4.78 is 42.9. The number of aryl methyl sites for hydroxylation is 1. The number of fused-ring (bicyclic) bond motifs is 5. The van der Waals surface area contributed by atoms with E-state index in [9.17, 15) is 22.8 Å². The molecule has 0 bridgehead atoms. The van der Waals surface area contributed by atoms with Crippen molar-refractivity contribution in [1.29, 1.82) is 0 Å².